The maximum Gasteiger partial charge on any atom is 0.0372 e. The lowest BCUT2D eigenvalue weighted by Gasteiger charge is -2.28. The van der Waals surface area contributed by atoms with E-state index in [4.69, 9.17) is 0 Å². The lowest BCUT2D eigenvalue weighted by atomic mass is 9.91. The Morgan fingerprint density at radius 2 is 1.81 bits per heavy atom. The van der Waals surface area contributed by atoms with Crippen molar-refractivity contribution in [3.05, 3.63) is 29.6 Å². The molecule has 2 nitrogen and oxygen atoms in total. The van der Waals surface area contributed by atoms with Crippen LogP contribution in [0, 0.1) is 6.92 Å². The number of rotatable bonds is 1. The smallest absolute Gasteiger partial charge is 0.0372 e. The Morgan fingerprint density at radius 1 is 1.19 bits per heavy atom. The van der Waals surface area contributed by atoms with Crippen LogP contribution in [0.2, 0.25) is 0 Å². The van der Waals surface area contributed by atoms with Crippen LogP contribution in [0.1, 0.15) is 43.9 Å². The van der Waals surface area contributed by atoms with E-state index in [1.54, 1.807) is 0 Å². The van der Waals surface area contributed by atoms with Crippen LogP contribution in [-0.4, -0.2) is 30.0 Å². The van der Waals surface area contributed by atoms with Gasteiger partial charge in [0.05, 0.1) is 0 Å². The van der Waals surface area contributed by atoms with Crippen molar-refractivity contribution in [3.8, 4) is 0 Å². The fourth-order valence-corrected chi connectivity index (χ4v) is 2.06. The predicted molar refractivity (Wildman–Crippen MR) is 69.8 cm³/mol. The van der Waals surface area contributed by atoms with Crippen LogP contribution >= 0.6 is 0 Å². The third-order valence-corrected chi connectivity index (χ3v) is 3.12. The highest BCUT2D eigenvalue weighted by atomic mass is 15.1. The summed E-state index contributed by atoms with van der Waals surface area (Å²) in [6, 6.07) is 4.35. The first-order valence-corrected chi connectivity index (χ1v) is 6.37. The summed E-state index contributed by atoms with van der Waals surface area (Å²) >= 11 is 0. The molecule has 0 radical (unpaired) electrons. The average Bonchev–Trinajstić information content (AvgIpc) is 2.34. The second-order valence-electron chi connectivity index (χ2n) is 4.31. The third-order valence-electron chi connectivity index (χ3n) is 3.12. The SMILES string of the molecule is CC.Cc1ccc(C2CCN(C)CC2)cn1. The molecule has 0 bridgehead atoms. The lowest BCUT2D eigenvalue weighted by Crippen LogP contribution is -2.29. The molecule has 0 aliphatic carbocycles. The summed E-state index contributed by atoms with van der Waals surface area (Å²) in [7, 11) is 2.20. The monoisotopic (exact) mass is 220 g/mol. The summed E-state index contributed by atoms with van der Waals surface area (Å²) in [5, 5.41) is 0. The van der Waals surface area contributed by atoms with Gasteiger partial charge in [-0.15, -0.1) is 0 Å². The third kappa shape index (κ3) is 3.60. The van der Waals surface area contributed by atoms with Crippen molar-refractivity contribution >= 4 is 0 Å². The van der Waals surface area contributed by atoms with E-state index in [9.17, 15) is 0 Å². The molecule has 1 aliphatic heterocycles. The molecule has 0 atom stereocenters. The maximum atomic E-state index is 4.36. The molecule has 0 saturated carbocycles. The van der Waals surface area contributed by atoms with E-state index >= 15 is 0 Å². The zero-order valence-corrected chi connectivity index (χ0v) is 11.0. The van der Waals surface area contributed by atoms with Crippen LogP contribution in [-0.2, 0) is 0 Å². The Bertz CT molecular complexity index is 284. The number of piperidine rings is 1. The molecule has 0 aromatic carbocycles. The summed E-state index contributed by atoms with van der Waals surface area (Å²) in [5.41, 5.74) is 2.53. The highest BCUT2D eigenvalue weighted by Crippen LogP contribution is 2.26. The zero-order chi connectivity index (χ0) is 12.0. The molecule has 1 aromatic rings. The van der Waals surface area contributed by atoms with Gasteiger partial charge in [-0.1, -0.05) is 19.9 Å². The normalized spacial score (nSPS) is 17.8. The highest BCUT2D eigenvalue weighted by Gasteiger charge is 2.18. The Hall–Kier alpha value is -0.890. The first-order chi connectivity index (χ1) is 7.75. The molecule has 1 aliphatic rings. The molecule has 2 heterocycles. The molecule has 2 rings (SSSR count). The molecule has 2 heteroatoms. The summed E-state index contributed by atoms with van der Waals surface area (Å²) in [4.78, 5) is 6.76. The fourth-order valence-electron chi connectivity index (χ4n) is 2.06. The number of pyridine rings is 1. The molecule has 0 unspecified atom stereocenters. The molecular weight excluding hydrogens is 196 g/mol. The van der Waals surface area contributed by atoms with Gasteiger partial charge in [-0.05, 0) is 57.5 Å². The fraction of sp³-hybridized carbons (Fsp3) is 0.643. The number of nitrogens with zero attached hydrogens (tertiary/aromatic N) is 2. The van der Waals surface area contributed by atoms with E-state index < -0.39 is 0 Å². The quantitative estimate of drug-likeness (QED) is 0.722. The van der Waals surface area contributed by atoms with Crippen molar-refractivity contribution < 1.29 is 0 Å². The van der Waals surface area contributed by atoms with Gasteiger partial charge < -0.3 is 4.90 Å². The van der Waals surface area contributed by atoms with Gasteiger partial charge >= 0.3 is 0 Å². The van der Waals surface area contributed by atoms with Crippen molar-refractivity contribution in [1.82, 2.24) is 9.88 Å². The molecule has 0 amide bonds. The van der Waals surface area contributed by atoms with Crippen LogP contribution in [0.3, 0.4) is 0 Å². The highest BCUT2D eigenvalue weighted by molar-refractivity contribution is 5.18. The van der Waals surface area contributed by atoms with Gasteiger partial charge in [0, 0.05) is 11.9 Å². The molecule has 1 saturated heterocycles. The van der Waals surface area contributed by atoms with Gasteiger partial charge in [0.1, 0.15) is 0 Å². The van der Waals surface area contributed by atoms with E-state index in [2.05, 4.69) is 29.1 Å². The largest absolute Gasteiger partial charge is 0.306 e. The standard InChI is InChI=1S/C12H18N2.C2H6/c1-10-3-4-12(9-13-10)11-5-7-14(2)8-6-11;1-2/h3-4,9,11H,5-8H2,1-2H3;1-2H3. The summed E-state index contributed by atoms with van der Waals surface area (Å²) < 4.78 is 0. The van der Waals surface area contributed by atoms with E-state index in [1.165, 1.54) is 31.5 Å². The maximum absolute atomic E-state index is 4.36. The molecule has 1 fully saturated rings. The van der Waals surface area contributed by atoms with Gasteiger partial charge in [0.2, 0.25) is 0 Å². The van der Waals surface area contributed by atoms with Crippen molar-refractivity contribution in [2.45, 2.75) is 39.5 Å². The minimum atomic E-state index is 0.735. The van der Waals surface area contributed by atoms with Crippen LogP contribution < -0.4 is 0 Å². The van der Waals surface area contributed by atoms with Gasteiger partial charge in [0.25, 0.3) is 0 Å². The molecular formula is C14H24N2. The number of hydrogen-bond acceptors (Lipinski definition) is 2. The van der Waals surface area contributed by atoms with Crippen molar-refractivity contribution in [2.75, 3.05) is 20.1 Å². The number of likely N-dealkylation sites (tertiary alicyclic amines) is 1. The number of aryl methyl sites for hydroxylation is 1. The first kappa shape index (κ1) is 13.2. The van der Waals surface area contributed by atoms with Gasteiger partial charge in [-0.25, -0.2) is 0 Å². The summed E-state index contributed by atoms with van der Waals surface area (Å²) in [5.74, 6) is 0.735. The lowest BCUT2D eigenvalue weighted by molar-refractivity contribution is 0.255. The van der Waals surface area contributed by atoms with Gasteiger partial charge in [-0.2, -0.15) is 0 Å². The molecule has 90 valence electrons. The number of hydrogen-bond donors (Lipinski definition) is 0. The van der Waals surface area contributed by atoms with Crippen molar-refractivity contribution in [2.24, 2.45) is 0 Å². The van der Waals surface area contributed by atoms with Crippen LogP contribution in [0.5, 0.6) is 0 Å². The van der Waals surface area contributed by atoms with Crippen molar-refractivity contribution in [3.63, 3.8) is 0 Å². The summed E-state index contributed by atoms with van der Waals surface area (Å²) in [6.07, 6.45) is 4.60. The average molecular weight is 220 g/mol. The Kier molecular flexibility index (Phi) is 5.47. The molecule has 0 spiro atoms. The molecule has 0 N–H and O–H groups in total. The topological polar surface area (TPSA) is 16.1 Å². The predicted octanol–water partition coefficient (Wildman–Crippen LogP) is 3.23. The van der Waals surface area contributed by atoms with Crippen LogP contribution in [0.15, 0.2) is 18.3 Å². The van der Waals surface area contributed by atoms with Crippen LogP contribution in [0.4, 0.5) is 0 Å². The second kappa shape index (κ2) is 6.64. The van der Waals surface area contributed by atoms with E-state index in [-0.39, 0.29) is 0 Å². The van der Waals surface area contributed by atoms with E-state index in [0.29, 0.717) is 0 Å². The first-order valence-electron chi connectivity index (χ1n) is 6.37. The second-order valence-corrected chi connectivity index (χ2v) is 4.31. The van der Waals surface area contributed by atoms with E-state index in [0.717, 1.165) is 11.6 Å². The Morgan fingerprint density at radius 3 is 2.31 bits per heavy atom. The Balaban J connectivity index is 0.000000606. The zero-order valence-electron chi connectivity index (χ0n) is 11.0. The van der Waals surface area contributed by atoms with Gasteiger partial charge in [-0.3, -0.25) is 4.98 Å². The van der Waals surface area contributed by atoms with Crippen LogP contribution in [0.25, 0.3) is 0 Å². The van der Waals surface area contributed by atoms with Crippen molar-refractivity contribution in [1.29, 1.82) is 0 Å². The minimum absolute atomic E-state index is 0.735. The summed E-state index contributed by atoms with van der Waals surface area (Å²) in [6.45, 7) is 8.48. The molecule has 1 aromatic heterocycles. The van der Waals surface area contributed by atoms with E-state index in [1.807, 2.05) is 27.0 Å². The molecule has 16 heavy (non-hydrogen) atoms. The Labute approximate surface area is 99.7 Å². The number of aromatic nitrogens is 1. The van der Waals surface area contributed by atoms with Gasteiger partial charge in [0.15, 0.2) is 0 Å². The minimum Gasteiger partial charge on any atom is -0.306 e.